The molecule has 1 aromatic rings. The number of primary amides is 1. The first-order valence-corrected chi connectivity index (χ1v) is 7.48. The Hall–Kier alpha value is -1.47. The zero-order valence-corrected chi connectivity index (χ0v) is 12.3. The van der Waals surface area contributed by atoms with Gasteiger partial charge in [0, 0.05) is 5.38 Å². The van der Waals surface area contributed by atoms with E-state index in [1.807, 2.05) is 19.2 Å². The molecular formula is C13H19N3O3S. The van der Waals surface area contributed by atoms with Crippen LogP contribution < -0.4 is 11.1 Å². The fourth-order valence-corrected chi connectivity index (χ4v) is 3.54. The summed E-state index contributed by atoms with van der Waals surface area (Å²) in [4.78, 5) is 27.6. The van der Waals surface area contributed by atoms with Gasteiger partial charge in [-0.25, -0.2) is 4.98 Å². The van der Waals surface area contributed by atoms with Gasteiger partial charge in [-0.1, -0.05) is 13.8 Å². The van der Waals surface area contributed by atoms with Crippen molar-refractivity contribution < 1.29 is 14.7 Å². The lowest BCUT2D eigenvalue weighted by Gasteiger charge is -2.27. The fourth-order valence-electron chi connectivity index (χ4n) is 2.95. The van der Waals surface area contributed by atoms with Crippen LogP contribution in [0.5, 0.6) is 0 Å². The van der Waals surface area contributed by atoms with Gasteiger partial charge in [0.25, 0.3) is 0 Å². The highest BCUT2D eigenvalue weighted by Crippen LogP contribution is 2.41. The Morgan fingerprint density at radius 1 is 1.65 bits per heavy atom. The molecule has 0 bridgehead atoms. The third kappa shape index (κ3) is 2.69. The average molecular weight is 297 g/mol. The molecule has 3 atom stereocenters. The minimum Gasteiger partial charge on any atom is -0.480 e. The number of thiazole rings is 1. The first kappa shape index (κ1) is 14.9. The molecule has 1 amide bonds. The monoisotopic (exact) mass is 297 g/mol. The van der Waals surface area contributed by atoms with Crippen LogP contribution >= 0.6 is 11.3 Å². The van der Waals surface area contributed by atoms with Gasteiger partial charge in [0.2, 0.25) is 5.91 Å². The van der Waals surface area contributed by atoms with Gasteiger partial charge in [-0.15, -0.1) is 11.3 Å². The molecule has 7 heteroatoms. The number of nitrogens with two attached hydrogens (primary N) is 1. The Bertz CT molecular complexity index is 503. The number of carboxylic acid groups (broad SMARTS) is 1. The first-order chi connectivity index (χ1) is 9.35. The largest absolute Gasteiger partial charge is 0.480 e. The summed E-state index contributed by atoms with van der Waals surface area (Å²) in [7, 11) is 0. The maximum absolute atomic E-state index is 11.7. The van der Waals surface area contributed by atoms with Gasteiger partial charge >= 0.3 is 5.97 Å². The van der Waals surface area contributed by atoms with Crippen LogP contribution in [0.3, 0.4) is 0 Å². The standard InChI is InChI=1S/C13H19N3O3S/c1-7(2)3-13(12(18)19)4-8(11(14)17)10(16-13)9-5-20-6-15-9/h5-8,10,16H,3-4H2,1-2H3,(H2,14,17)(H,18,19)/t8-,10+,13-/m0/s1. The van der Waals surface area contributed by atoms with Gasteiger partial charge in [0.1, 0.15) is 5.54 Å². The van der Waals surface area contributed by atoms with Crippen LogP contribution in [-0.2, 0) is 9.59 Å². The zero-order chi connectivity index (χ0) is 14.9. The van der Waals surface area contributed by atoms with Crippen molar-refractivity contribution in [2.75, 3.05) is 0 Å². The van der Waals surface area contributed by atoms with E-state index in [1.165, 1.54) is 11.3 Å². The van der Waals surface area contributed by atoms with Crippen molar-refractivity contribution in [3.05, 3.63) is 16.6 Å². The second kappa shape index (κ2) is 5.49. The van der Waals surface area contributed by atoms with Gasteiger partial charge < -0.3 is 10.8 Å². The van der Waals surface area contributed by atoms with Crippen LogP contribution in [0.25, 0.3) is 0 Å². The molecule has 1 saturated heterocycles. The number of aliphatic carboxylic acids is 1. The van der Waals surface area contributed by atoms with E-state index in [2.05, 4.69) is 10.3 Å². The number of carbonyl (C=O) groups excluding carboxylic acids is 1. The highest BCUT2D eigenvalue weighted by Gasteiger charge is 2.52. The van der Waals surface area contributed by atoms with E-state index < -0.39 is 29.4 Å². The second-order valence-corrected chi connectivity index (χ2v) is 6.45. The van der Waals surface area contributed by atoms with Crippen LogP contribution in [0.15, 0.2) is 10.9 Å². The van der Waals surface area contributed by atoms with E-state index in [9.17, 15) is 14.7 Å². The molecule has 2 heterocycles. The maximum atomic E-state index is 11.7. The van der Waals surface area contributed by atoms with Crippen molar-refractivity contribution in [3.8, 4) is 0 Å². The Kier molecular flexibility index (Phi) is 4.10. The van der Waals surface area contributed by atoms with Crippen molar-refractivity contribution in [2.45, 2.75) is 38.3 Å². The predicted molar refractivity (Wildman–Crippen MR) is 75.1 cm³/mol. The molecule has 0 aliphatic carbocycles. The molecule has 0 radical (unpaired) electrons. The van der Waals surface area contributed by atoms with E-state index in [-0.39, 0.29) is 12.3 Å². The number of carboxylic acids is 1. The number of hydrogen-bond acceptors (Lipinski definition) is 5. The maximum Gasteiger partial charge on any atom is 0.323 e. The Morgan fingerprint density at radius 2 is 2.35 bits per heavy atom. The molecule has 0 aromatic carbocycles. The van der Waals surface area contributed by atoms with Crippen LogP contribution in [0.2, 0.25) is 0 Å². The highest BCUT2D eigenvalue weighted by atomic mass is 32.1. The summed E-state index contributed by atoms with van der Waals surface area (Å²) in [6.07, 6.45) is 0.658. The third-order valence-corrected chi connectivity index (χ3v) is 4.31. The lowest BCUT2D eigenvalue weighted by molar-refractivity contribution is -0.145. The molecule has 20 heavy (non-hydrogen) atoms. The Morgan fingerprint density at radius 3 is 2.80 bits per heavy atom. The normalized spacial score (nSPS) is 29.8. The molecule has 2 rings (SSSR count). The van der Waals surface area contributed by atoms with Crippen molar-refractivity contribution in [1.29, 1.82) is 0 Å². The van der Waals surface area contributed by atoms with Crippen LogP contribution in [-0.4, -0.2) is 27.5 Å². The number of rotatable bonds is 5. The molecule has 1 fully saturated rings. The molecular weight excluding hydrogens is 278 g/mol. The van der Waals surface area contributed by atoms with Gasteiger partial charge in [-0.2, -0.15) is 0 Å². The number of nitrogens with zero attached hydrogens (tertiary/aromatic N) is 1. The van der Waals surface area contributed by atoms with E-state index >= 15 is 0 Å². The quantitative estimate of drug-likeness (QED) is 0.756. The molecule has 110 valence electrons. The molecule has 4 N–H and O–H groups in total. The molecule has 1 aliphatic rings. The third-order valence-electron chi connectivity index (χ3n) is 3.70. The van der Waals surface area contributed by atoms with E-state index in [4.69, 9.17) is 5.73 Å². The summed E-state index contributed by atoms with van der Waals surface area (Å²) >= 11 is 1.41. The average Bonchev–Trinajstić information content (AvgIpc) is 2.94. The first-order valence-electron chi connectivity index (χ1n) is 6.54. The predicted octanol–water partition coefficient (Wildman–Crippen LogP) is 1.15. The lowest BCUT2D eigenvalue weighted by atomic mass is 9.84. The number of amides is 1. The summed E-state index contributed by atoms with van der Waals surface area (Å²) in [5.74, 6) is -1.77. The summed E-state index contributed by atoms with van der Waals surface area (Å²) in [5, 5.41) is 14.5. The minimum atomic E-state index is -1.11. The van der Waals surface area contributed by atoms with Gasteiger partial charge in [-0.05, 0) is 18.8 Å². The lowest BCUT2D eigenvalue weighted by Crippen LogP contribution is -2.49. The molecule has 0 saturated carbocycles. The summed E-state index contributed by atoms with van der Waals surface area (Å²) in [5.41, 5.74) is 6.69. The zero-order valence-electron chi connectivity index (χ0n) is 11.5. The highest BCUT2D eigenvalue weighted by molar-refractivity contribution is 7.07. The molecule has 0 spiro atoms. The number of hydrogen-bond donors (Lipinski definition) is 3. The van der Waals surface area contributed by atoms with Crippen molar-refractivity contribution in [3.63, 3.8) is 0 Å². The SMILES string of the molecule is CC(C)C[C@@]1(C(=O)O)C[C@H](C(N)=O)[C@H](c2cscn2)N1. The topological polar surface area (TPSA) is 105 Å². The molecule has 6 nitrogen and oxygen atoms in total. The Labute approximate surface area is 121 Å². The number of nitrogens with one attached hydrogen (secondary N) is 1. The van der Waals surface area contributed by atoms with Crippen molar-refractivity contribution in [1.82, 2.24) is 10.3 Å². The minimum absolute atomic E-state index is 0.196. The molecule has 1 aromatic heterocycles. The van der Waals surface area contributed by atoms with Crippen molar-refractivity contribution in [2.24, 2.45) is 17.6 Å². The smallest absolute Gasteiger partial charge is 0.323 e. The summed E-state index contributed by atoms with van der Waals surface area (Å²) in [6.45, 7) is 3.92. The van der Waals surface area contributed by atoms with Crippen LogP contribution in [0.4, 0.5) is 0 Å². The Balaban J connectivity index is 2.35. The molecule has 1 aliphatic heterocycles. The molecule has 0 unspecified atom stereocenters. The van der Waals surface area contributed by atoms with E-state index in [0.717, 1.165) is 0 Å². The fraction of sp³-hybridized carbons (Fsp3) is 0.615. The summed E-state index contributed by atoms with van der Waals surface area (Å²) < 4.78 is 0. The van der Waals surface area contributed by atoms with Gasteiger partial charge in [0.15, 0.2) is 0 Å². The van der Waals surface area contributed by atoms with Crippen LogP contribution in [0, 0.1) is 11.8 Å². The summed E-state index contributed by atoms with van der Waals surface area (Å²) in [6, 6.07) is -0.423. The van der Waals surface area contributed by atoms with Crippen LogP contribution in [0.1, 0.15) is 38.4 Å². The van der Waals surface area contributed by atoms with Gasteiger partial charge in [0.05, 0.1) is 23.2 Å². The number of aromatic nitrogens is 1. The number of carbonyl (C=O) groups is 2. The van der Waals surface area contributed by atoms with E-state index in [0.29, 0.717) is 12.1 Å². The van der Waals surface area contributed by atoms with E-state index in [1.54, 1.807) is 5.51 Å². The second-order valence-electron chi connectivity index (χ2n) is 5.73. The van der Waals surface area contributed by atoms with Crippen molar-refractivity contribution >= 4 is 23.2 Å². The van der Waals surface area contributed by atoms with Gasteiger partial charge in [-0.3, -0.25) is 14.9 Å².